The number of nitrogens with one attached hydrogen (secondary N) is 2. The molecule has 0 bridgehead atoms. The summed E-state index contributed by atoms with van der Waals surface area (Å²) in [5, 5.41) is 13.4. The van der Waals surface area contributed by atoms with Crippen LogP contribution in [-0.4, -0.2) is 20.2 Å². The molecule has 0 amide bonds. The van der Waals surface area contributed by atoms with Crippen LogP contribution in [0.1, 0.15) is 10.8 Å². The number of aromatic nitrogens is 4. The van der Waals surface area contributed by atoms with E-state index in [9.17, 15) is 0 Å². The van der Waals surface area contributed by atoms with Gasteiger partial charge in [0.05, 0.1) is 6.54 Å². The monoisotopic (exact) mass is 271 g/mol. The number of H-pyrrole nitrogens is 1. The van der Waals surface area contributed by atoms with Crippen molar-refractivity contribution in [3.63, 3.8) is 0 Å². The van der Waals surface area contributed by atoms with Crippen molar-refractivity contribution in [3.8, 4) is 11.4 Å². The Kier molecular flexibility index (Phi) is 3.24. The first kappa shape index (κ1) is 11.9. The normalized spacial score (nSPS) is 10.6. The molecule has 0 unspecified atom stereocenters. The van der Waals surface area contributed by atoms with Crippen molar-refractivity contribution < 1.29 is 0 Å². The number of aromatic amines is 1. The number of hydrogen-bond acceptors (Lipinski definition) is 5. The van der Waals surface area contributed by atoms with Crippen LogP contribution in [0.2, 0.25) is 0 Å². The van der Waals surface area contributed by atoms with E-state index in [1.54, 1.807) is 11.3 Å². The zero-order chi connectivity index (χ0) is 13.1. The van der Waals surface area contributed by atoms with Crippen LogP contribution in [-0.2, 0) is 6.54 Å². The molecule has 0 saturated heterocycles. The van der Waals surface area contributed by atoms with E-state index in [2.05, 4.69) is 25.5 Å². The molecule has 0 aliphatic rings. The molecule has 0 aliphatic heterocycles. The maximum absolute atomic E-state index is 4.33. The minimum Gasteiger partial charge on any atom is -0.379 e. The number of nitrogens with zero attached hydrogens (tertiary/aromatic N) is 3. The Hall–Kier alpha value is -2.21. The fourth-order valence-corrected chi connectivity index (χ4v) is 2.31. The first-order valence-corrected chi connectivity index (χ1v) is 6.81. The Morgan fingerprint density at radius 3 is 3.05 bits per heavy atom. The molecule has 0 radical (unpaired) electrons. The van der Waals surface area contributed by atoms with Gasteiger partial charge < -0.3 is 5.32 Å². The molecule has 2 heterocycles. The minimum atomic E-state index is 0.718. The van der Waals surface area contributed by atoms with E-state index in [4.69, 9.17) is 0 Å². The number of benzene rings is 1. The highest BCUT2D eigenvalue weighted by Gasteiger charge is 2.04. The second-order valence-corrected chi connectivity index (χ2v) is 5.08. The highest BCUT2D eigenvalue weighted by molar-refractivity contribution is 7.09. The quantitative estimate of drug-likeness (QED) is 0.765. The third kappa shape index (κ3) is 2.79. The third-order valence-corrected chi connectivity index (χ3v) is 3.42. The molecular formula is C13H13N5S. The van der Waals surface area contributed by atoms with Gasteiger partial charge in [-0.3, -0.25) is 5.10 Å². The average Bonchev–Trinajstić information content (AvgIpc) is 3.08. The predicted molar refractivity (Wildman–Crippen MR) is 76.0 cm³/mol. The van der Waals surface area contributed by atoms with E-state index < -0.39 is 0 Å². The van der Waals surface area contributed by atoms with Gasteiger partial charge in [-0.2, -0.15) is 5.10 Å². The molecule has 96 valence electrons. The predicted octanol–water partition coefficient (Wildman–Crippen LogP) is 2.85. The van der Waals surface area contributed by atoms with Gasteiger partial charge in [-0.1, -0.05) is 12.1 Å². The van der Waals surface area contributed by atoms with Gasteiger partial charge in [0.1, 0.15) is 10.8 Å². The summed E-state index contributed by atoms with van der Waals surface area (Å²) in [5.74, 6) is 1.53. The molecule has 3 rings (SSSR count). The van der Waals surface area contributed by atoms with Crippen LogP contribution in [0.25, 0.3) is 11.4 Å². The van der Waals surface area contributed by atoms with Crippen molar-refractivity contribution >= 4 is 17.0 Å². The summed E-state index contributed by atoms with van der Waals surface area (Å²) in [6.07, 6.45) is 1.81. The Bertz CT molecular complexity index is 659. The topological polar surface area (TPSA) is 66.5 Å². The summed E-state index contributed by atoms with van der Waals surface area (Å²) in [6.45, 7) is 2.62. The van der Waals surface area contributed by atoms with Gasteiger partial charge in [0.2, 0.25) is 0 Å². The van der Waals surface area contributed by atoms with Crippen LogP contribution >= 0.6 is 11.3 Å². The highest BCUT2D eigenvalue weighted by Crippen LogP contribution is 2.20. The SMILES string of the molecule is Cc1nc(-c2cccc(NCc3nccs3)c2)n[nH]1. The van der Waals surface area contributed by atoms with Crippen molar-refractivity contribution in [1.82, 2.24) is 20.2 Å². The maximum Gasteiger partial charge on any atom is 0.181 e. The summed E-state index contributed by atoms with van der Waals surface area (Å²) in [7, 11) is 0. The van der Waals surface area contributed by atoms with E-state index in [0.717, 1.165) is 34.5 Å². The van der Waals surface area contributed by atoms with Gasteiger partial charge in [-0.15, -0.1) is 11.3 Å². The van der Waals surface area contributed by atoms with Crippen molar-refractivity contribution in [2.75, 3.05) is 5.32 Å². The number of thiazole rings is 1. The van der Waals surface area contributed by atoms with Gasteiger partial charge in [0.15, 0.2) is 5.82 Å². The van der Waals surface area contributed by atoms with Gasteiger partial charge in [0, 0.05) is 22.8 Å². The smallest absolute Gasteiger partial charge is 0.181 e. The van der Waals surface area contributed by atoms with Gasteiger partial charge in [0.25, 0.3) is 0 Å². The lowest BCUT2D eigenvalue weighted by atomic mass is 10.2. The fourth-order valence-electron chi connectivity index (χ4n) is 1.76. The van der Waals surface area contributed by atoms with Crippen LogP contribution in [0.15, 0.2) is 35.8 Å². The molecule has 0 fully saturated rings. The van der Waals surface area contributed by atoms with E-state index in [1.807, 2.05) is 42.8 Å². The summed E-state index contributed by atoms with van der Waals surface area (Å²) in [5.41, 5.74) is 2.03. The second-order valence-electron chi connectivity index (χ2n) is 4.10. The van der Waals surface area contributed by atoms with E-state index in [0.29, 0.717) is 0 Å². The molecule has 3 aromatic rings. The van der Waals surface area contributed by atoms with Crippen LogP contribution in [0, 0.1) is 6.92 Å². The average molecular weight is 271 g/mol. The highest BCUT2D eigenvalue weighted by atomic mass is 32.1. The number of hydrogen-bond donors (Lipinski definition) is 2. The van der Waals surface area contributed by atoms with E-state index in [-0.39, 0.29) is 0 Å². The van der Waals surface area contributed by atoms with Crippen LogP contribution < -0.4 is 5.32 Å². The molecular weight excluding hydrogens is 258 g/mol. The molecule has 0 spiro atoms. The zero-order valence-corrected chi connectivity index (χ0v) is 11.2. The summed E-state index contributed by atoms with van der Waals surface area (Å²) in [4.78, 5) is 8.57. The lowest BCUT2D eigenvalue weighted by molar-refractivity contribution is 1.04. The number of aryl methyl sites for hydroxylation is 1. The lowest BCUT2D eigenvalue weighted by Crippen LogP contribution is -1.98. The molecule has 0 aliphatic carbocycles. The van der Waals surface area contributed by atoms with Crippen molar-refractivity contribution in [1.29, 1.82) is 0 Å². The van der Waals surface area contributed by atoms with E-state index >= 15 is 0 Å². The Morgan fingerprint density at radius 1 is 1.37 bits per heavy atom. The molecule has 19 heavy (non-hydrogen) atoms. The largest absolute Gasteiger partial charge is 0.379 e. The van der Waals surface area contributed by atoms with Crippen molar-refractivity contribution in [2.24, 2.45) is 0 Å². The molecule has 1 aromatic carbocycles. The molecule has 0 atom stereocenters. The summed E-state index contributed by atoms with van der Waals surface area (Å²) < 4.78 is 0. The lowest BCUT2D eigenvalue weighted by Gasteiger charge is -2.05. The first-order valence-electron chi connectivity index (χ1n) is 5.93. The molecule has 0 saturated carbocycles. The van der Waals surface area contributed by atoms with Gasteiger partial charge >= 0.3 is 0 Å². The Balaban J connectivity index is 1.76. The molecule has 5 nitrogen and oxygen atoms in total. The Labute approximate surface area is 114 Å². The summed E-state index contributed by atoms with van der Waals surface area (Å²) >= 11 is 1.64. The van der Waals surface area contributed by atoms with E-state index in [1.165, 1.54) is 0 Å². The third-order valence-electron chi connectivity index (χ3n) is 2.65. The minimum absolute atomic E-state index is 0.718. The van der Waals surface area contributed by atoms with Crippen LogP contribution in [0.3, 0.4) is 0 Å². The number of anilines is 1. The fraction of sp³-hybridized carbons (Fsp3) is 0.154. The van der Waals surface area contributed by atoms with Crippen LogP contribution in [0.4, 0.5) is 5.69 Å². The van der Waals surface area contributed by atoms with Crippen LogP contribution in [0.5, 0.6) is 0 Å². The second kappa shape index (κ2) is 5.19. The number of rotatable bonds is 4. The van der Waals surface area contributed by atoms with Gasteiger partial charge in [-0.05, 0) is 19.1 Å². The molecule has 2 N–H and O–H groups in total. The van der Waals surface area contributed by atoms with Gasteiger partial charge in [-0.25, -0.2) is 9.97 Å². The zero-order valence-electron chi connectivity index (χ0n) is 10.4. The first-order chi connectivity index (χ1) is 9.31. The standard InChI is InChI=1S/C13H13N5S/c1-9-16-13(18-17-9)10-3-2-4-11(7-10)15-8-12-14-5-6-19-12/h2-7,15H,8H2,1H3,(H,16,17,18). The maximum atomic E-state index is 4.33. The summed E-state index contributed by atoms with van der Waals surface area (Å²) in [6, 6.07) is 8.05. The van der Waals surface area contributed by atoms with Crippen molar-refractivity contribution in [2.45, 2.75) is 13.5 Å². The molecule has 6 heteroatoms. The Morgan fingerprint density at radius 2 is 2.32 bits per heavy atom. The van der Waals surface area contributed by atoms with Crippen molar-refractivity contribution in [3.05, 3.63) is 46.7 Å². The molecule has 2 aromatic heterocycles.